The Kier molecular flexibility index (Phi) is 5.20. The van der Waals surface area contributed by atoms with E-state index in [2.05, 4.69) is 0 Å². The van der Waals surface area contributed by atoms with Gasteiger partial charge in [0.15, 0.2) is 0 Å². The van der Waals surface area contributed by atoms with E-state index in [0.29, 0.717) is 17.9 Å². The Labute approximate surface area is 125 Å². The maximum atomic E-state index is 10.3. The number of nitrogens with two attached hydrogens (primary N) is 1. The van der Waals surface area contributed by atoms with Crippen LogP contribution in [-0.2, 0) is 6.42 Å². The van der Waals surface area contributed by atoms with Gasteiger partial charge in [-0.05, 0) is 23.3 Å². The molecule has 0 aliphatic rings. The van der Waals surface area contributed by atoms with Crippen molar-refractivity contribution in [1.82, 2.24) is 0 Å². The fraction of sp³-hybridized carbons (Fsp3) is 0.294. The average Bonchev–Trinajstić information content (AvgIpc) is 2.54. The van der Waals surface area contributed by atoms with Crippen molar-refractivity contribution < 1.29 is 14.6 Å². The fourth-order valence-electron chi connectivity index (χ4n) is 2.23. The van der Waals surface area contributed by atoms with Crippen LogP contribution >= 0.6 is 0 Å². The van der Waals surface area contributed by atoms with Crippen molar-refractivity contribution in [3.8, 4) is 11.5 Å². The lowest BCUT2D eigenvalue weighted by molar-refractivity contribution is 0.145. The van der Waals surface area contributed by atoms with E-state index < -0.39 is 12.1 Å². The van der Waals surface area contributed by atoms with Crippen LogP contribution in [0.4, 0.5) is 0 Å². The summed E-state index contributed by atoms with van der Waals surface area (Å²) in [5.41, 5.74) is 8.01. The van der Waals surface area contributed by atoms with E-state index >= 15 is 0 Å². The lowest BCUT2D eigenvalue weighted by atomic mass is 9.96. The molecule has 0 fully saturated rings. The summed E-state index contributed by atoms with van der Waals surface area (Å²) < 4.78 is 10.5. The van der Waals surface area contributed by atoms with E-state index in [-0.39, 0.29) is 0 Å². The summed E-state index contributed by atoms with van der Waals surface area (Å²) in [5.74, 6) is 1.32. The summed E-state index contributed by atoms with van der Waals surface area (Å²) in [6, 6.07) is 14.7. The van der Waals surface area contributed by atoms with Gasteiger partial charge in [0.05, 0.1) is 26.4 Å². The van der Waals surface area contributed by atoms with Crippen LogP contribution in [0.1, 0.15) is 17.2 Å². The molecule has 0 radical (unpaired) electrons. The summed E-state index contributed by atoms with van der Waals surface area (Å²) in [4.78, 5) is 0. The molecule has 2 rings (SSSR count). The minimum Gasteiger partial charge on any atom is -0.497 e. The Hall–Kier alpha value is -2.04. The average molecular weight is 287 g/mol. The van der Waals surface area contributed by atoms with Crippen LogP contribution in [0.3, 0.4) is 0 Å². The van der Waals surface area contributed by atoms with Gasteiger partial charge in [0, 0.05) is 12.5 Å². The number of hydrogen-bond acceptors (Lipinski definition) is 4. The highest BCUT2D eigenvalue weighted by Gasteiger charge is 2.19. The van der Waals surface area contributed by atoms with Crippen molar-refractivity contribution in [3.05, 3.63) is 59.7 Å². The minimum atomic E-state index is -0.677. The lowest BCUT2D eigenvalue weighted by Gasteiger charge is -2.20. The molecule has 0 aliphatic heterocycles. The van der Waals surface area contributed by atoms with Crippen molar-refractivity contribution >= 4 is 0 Å². The Balaban J connectivity index is 2.16. The van der Waals surface area contributed by atoms with Crippen molar-refractivity contribution in [1.29, 1.82) is 0 Å². The van der Waals surface area contributed by atoms with E-state index in [4.69, 9.17) is 15.2 Å². The lowest BCUT2D eigenvalue weighted by Crippen LogP contribution is -2.28. The van der Waals surface area contributed by atoms with E-state index in [1.54, 1.807) is 20.3 Å². The molecule has 4 heteroatoms. The third-order valence-electron chi connectivity index (χ3n) is 3.46. The third kappa shape index (κ3) is 3.97. The summed E-state index contributed by atoms with van der Waals surface area (Å²) in [5, 5.41) is 10.3. The molecule has 0 saturated carbocycles. The van der Waals surface area contributed by atoms with Crippen LogP contribution in [0.15, 0.2) is 48.5 Å². The van der Waals surface area contributed by atoms with E-state index in [9.17, 15) is 5.11 Å². The Morgan fingerprint density at radius 1 is 1.00 bits per heavy atom. The first-order valence-corrected chi connectivity index (χ1v) is 6.84. The van der Waals surface area contributed by atoms with Gasteiger partial charge in [0.25, 0.3) is 0 Å². The van der Waals surface area contributed by atoms with E-state index in [1.165, 1.54) is 0 Å². The third-order valence-corrected chi connectivity index (χ3v) is 3.46. The van der Waals surface area contributed by atoms with Crippen molar-refractivity contribution in [3.63, 3.8) is 0 Å². The Morgan fingerprint density at radius 2 is 1.57 bits per heavy atom. The monoisotopic (exact) mass is 287 g/mol. The molecule has 2 atom stereocenters. The number of hydrogen-bond donors (Lipinski definition) is 2. The SMILES string of the molecule is COc1cc(OC)cc([C@@H](N)[C@@H](O)Cc2ccccc2)c1. The number of methoxy groups -OCH3 is 2. The molecule has 4 nitrogen and oxygen atoms in total. The van der Waals surface area contributed by atoms with Gasteiger partial charge in [-0.2, -0.15) is 0 Å². The molecule has 0 heterocycles. The minimum absolute atomic E-state index is 0.502. The smallest absolute Gasteiger partial charge is 0.122 e. The second kappa shape index (κ2) is 7.11. The van der Waals surface area contributed by atoms with Crippen LogP contribution < -0.4 is 15.2 Å². The molecule has 2 aromatic rings. The molecule has 0 bridgehead atoms. The molecule has 0 saturated heterocycles. The predicted molar refractivity (Wildman–Crippen MR) is 82.6 cm³/mol. The zero-order valence-electron chi connectivity index (χ0n) is 12.3. The highest BCUT2D eigenvalue weighted by molar-refractivity contribution is 5.40. The number of rotatable bonds is 6. The molecule has 0 amide bonds. The first-order chi connectivity index (χ1) is 10.1. The molecule has 0 aromatic heterocycles. The first kappa shape index (κ1) is 15.4. The fourth-order valence-corrected chi connectivity index (χ4v) is 2.23. The largest absolute Gasteiger partial charge is 0.497 e. The Bertz CT molecular complexity index is 549. The van der Waals surface area contributed by atoms with Gasteiger partial charge >= 0.3 is 0 Å². The Morgan fingerprint density at radius 3 is 2.10 bits per heavy atom. The topological polar surface area (TPSA) is 64.7 Å². The molecule has 2 aromatic carbocycles. The van der Waals surface area contributed by atoms with Crippen molar-refractivity contribution in [2.75, 3.05) is 14.2 Å². The summed E-state index contributed by atoms with van der Waals surface area (Å²) in [7, 11) is 3.18. The summed E-state index contributed by atoms with van der Waals surface area (Å²) in [6.45, 7) is 0. The second-order valence-corrected chi connectivity index (χ2v) is 4.93. The molecular weight excluding hydrogens is 266 g/mol. The molecule has 21 heavy (non-hydrogen) atoms. The molecular formula is C17H21NO3. The van der Waals surface area contributed by atoms with Crippen molar-refractivity contribution in [2.24, 2.45) is 5.73 Å². The van der Waals surface area contributed by atoms with Crippen LogP contribution in [-0.4, -0.2) is 25.4 Å². The number of aliphatic hydroxyl groups is 1. The normalized spacial score (nSPS) is 13.5. The number of ether oxygens (including phenoxy) is 2. The van der Waals surface area contributed by atoms with Gasteiger partial charge in [0.1, 0.15) is 11.5 Å². The number of aliphatic hydroxyl groups excluding tert-OH is 1. The molecule has 0 aliphatic carbocycles. The van der Waals surface area contributed by atoms with Crippen molar-refractivity contribution in [2.45, 2.75) is 18.6 Å². The quantitative estimate of drug-likeness (QED) is 0.855. The van der Waals surface area contributed by atoms with Crippen LogP contribution in [0.25, 0.3) is 0 Å². The van der Waals surface area contributed by atoms with Gasteiger partial charge in [-0.3, -0.25) is 0 Å². The van der Waals surface area contributed by atoms with E-state index in [1.807, 2.05) is 42.5 Å². The summed E-state index contributed by atoms with van der Waals surface area (Å²) >= 11 is 0. The molecule has 112 valence electrons. The van der Waals surface area contributed by atoms with E-state index in [0.717, 1.165) is 11.1 Å². The highest BCUT2D eigenvalue weighted by Crippen LogP contribution is 2.27. The summed E-state index contributed by atoms with van der Waals surface area (Å²) in [6.07, 6.45) is -0.175. The van der Waals surface area contributed by atoms with Gasteiger partial charge in [0.2, 0.25) is 0 Å². The van der Waals surface area contributed by atoms with Crippen LogP contribution in [0, 0.1) is 0 Å². The standard InChI is InChI=1S/C17H21NO3/c1-20-14-9-13(10-15(11-14)21-2)17(18)16(19)8-12-6-4-3-5-7-12/h3-7,9-11,16-17,19H,8,18H2,1-2H3/t16-,17+/m0/s1. The van der Waals surface area contributed by atoms with Gasteiger partial charge < -0.3 is 20.3 Å². The molecule has 0 spiro atoms. The maximum Gasteiger partial charge on any atom is 0.122 e. The van der Waals surface area contributed by atoms with Gasteiger partial charge in [-0.15, -0.1) is 0 Å². The zero-order valence-corrected chi connectivity index (χ0v) is 12.3. The van der Waals surface area contributed by atoms with Crippen LogP contribution in [0.2, 0.25) is 0 Å². The van der Waals surface area contributed by atoms with Gasteiger partial charge in [-0.25, -0.2) is 0 Å². The zero-order chi connectivity index (χ0) is 15.2. The van der Waals surface area contributed by atoms with Gasteiger partial charge in [-0.1, -0.05) is 30.3 Å². The maximum absolute atomic E-state index is 10.3. The molecule has 3 N–H and O–H groups in total. The molecule has 0 unspecified atom stereocenters. The first-order valence-electron chi connectivity index (χ1n) is 6.84. The number of benzene rings is 2. The second-order valence-electron chi connectivity index (χ2n) is 4.93. The van der Waals surface area contributed by atoms with Crippen LogP contribution in [0.5, 0.6) is 11.5 Å². The predicted octanol–water partition coefficient (Wildman–Crippen LogP) is 2.31. The highest BCUT2D eigenvalue weighted by atomic mass is 16.5.